The van der Waals surface area contributed by atoms with E-state index >= 15 is 0 Å². The summed E-state index contributed by atoms with van der Waals surface area (Å²) >= 11 is 0. The highest BCUT2D eigenvalue weighted by Gasteiger charge is 2.51. The van der Waals surface area contributed by atoms with E-state index in [1.54, 1.807) is 0 Å². The van der Waals surface area contributed by atoms with Crippen LogP contribution < -0.4 is 0 Å². The molecule has 20 aromatic rings. The van der Waals surface area contributed by atoms with Crippen LogP contribution in [0.5, 0.6) is 0 Å². The van der Waals surface area contributed by atoms with Gasteiger partial charge in [-0.1, -0.05) is 311 Å². The van der Waals surface area contributed by atoms with Crippen molar-refractivity contribution in [3.05, 3.63) is 385 Å². The molecule has 0 saturated heterocycles. The lowest BCUT2D eigenvalue weighted by atomic mass is 9.70. The first-order valence-corrected chi connectivity index (χ1v) is 37.8. The van der Waals surface area contributed by atoms with Gasteiger partial charge in [-0.15, -0.1) is 0 Å². The Balaban J connectivity index is 0.672. The average molecular weight is 1400 g/mol. The SMILES string of the molecule is CC1(C)c2ccccc2-c2ccc(-c3nc(-c4ccccc4-c4cccc5ccccc45)cc(-c4cccc5c4oc4cccc(-c6ccc7oc8c(-c9cc(-c%10ccccc%10-c%10cccc%11ccccc%10%11)nc(-c%10ccc%11c(c%10)-c%10ccccc%10C%11%10c%11ccccc%11-c%11ccccc%11%10)n9)cccc8c7c6)c45)n3)cc21. The monoisotopic (exact) mass is 1400 g/mol. The van der Waals surface area contributed by atoms with E-state index in [9.17, 15) is 0 Å². The van der Waals surface area contributed by atoms with Crippen LogP contribution in [0.4, 0.5) is 0 Å². The minimum absolute atomic E-state index is 0.220. The maximum Gasteiger partial charge on any atom is 0.160 e. The van der Waals surface area contributed by atoms with E-state index in [1.165, 1.54) is 88.3 Å². The molecular formula is C104H64N4O2. The molecule has 6 nitrogen and oxygen atoms in total. The van der Waals surface area contributed by atoms with Crippen LogP contribution in [0.2, 0.25) is 0 Å². The van der Waals surface area contributed by atoms with Crippen LogP contribution >= 0.6 is 0 Å². The van der Waals surface area contributed by atoms with Gasteiger partial charge >= 0.3 is 0 Å². The van der Waals surface area contributed by atoms with Gasteiger partial charge in [0.25, 0.3) is 0 Å². The lowest BCUT2D eigenvalue weighted by Crippen LogP contribution is -2.25. The van der Waals surface area contributed by atoms with Gasteiger partial charge in [0.15, 0.2) is 11.6 Å². The normalized spacial score (nSPS) is 13.3. The van der Waals surface area contributed by atoms with E-state index in [-0.39, 0.29) is 5.41 Å². The van der Waals surface area contributed by atoms with E-state index in [4.69, 9.17) is 28.8 Å². The Labute approximate surface area is 634 Å². The molecule has 4 heterocycles. The summed E-state index contributed by atoms with van der Waals surface area (Å²) in [6.07, 6.45) is 0. The summed E-state index contributed by atoms with van der Waals surface area (Å²) in [5.74, 6) is 1.26. The quantitative estimate of drug-likeness (QED) is 0.143. The Hall–Kier alpha value is -14.2. The molecule has 6 heteroatoms. The molecule has 0 bridgehead atoms. The van der Waals surface area contributed by atoms with Crippen LogP contribution in [0.3, 0.4) is 0 Å². The van der Waals surface area contributed by atoms with Crippen molar-refractivity contribution in [2.75, 3.05) is 0 Å². The van der Waals surface area contributed by atoms with E-state index in [2.05, 4.69) is 366 Å². The first-order valence-electron chi connectivity index (χ1n) is 37.8. The summed E-state index contributed by atoms with van der Waals surface area (Å²) < 4.78 is 14.4. The minimum Gasteiger partial charge on any atom is -0.455 e. The molecule has 1 spiro atoms. The van der Waals surface area contributed by atoms with Crippen molar-refractivity contribution in [3.63, 3.8) is 0 Å². The number of hydrogen-bond donors (Lipinski definition) is 0. The van der Waals surface area contributed by atoms with Crippen LogP contribution in [-0.2, 0) is 10.8 Å². The Morgan fingerprint density at radius 2 is 0.600 bits per heavy atom. The Bertz CT molecular complexity index is 7300. The van der Waals surface area contributed by atoms with E-state index in [1.807, 2.05) is 0 Å². The average Bonchev–Trinajstić information content (AvgIpc) is 1.51. The predicted octanol–water partition coefficient (Wildman–Crippen LogP) is 27.0. The summed E-state index contributed by atoms with van der Waals surface area (Å²) in [5.41, 5.74) is 32.8. The molecule has 0 saturated carbocycles. The van der Waals surface area contributed by atoms with Crippen LogP contribution in [0, 0.1) is 0 Å². The van der Waals surface area contributed by atoms with E-state index in [0.29, 0.717) is 11.6 Å². The summed E-state index contributed by atoms with van der Waals surface area (Å²) in [4.78, 5) is 22.5. The van der Waals surface area contributed by atoms with Crippen molar-refractivity contribution >= 4 is 65.4 Å². The molecule has 23 rings (SSSR count). The molecule has 512 valence electrons. The van der Waals surface area contributed by atoms with Crippen molar-refractivity contribution in [3.8, 4) is 135 Å². The zero-order valence-electron chi connectivity index (χ0n) is 60.1. The third-order valence-corrected chi connectivity index (χ3v) is 24.0. The van der Waals surface area contributed by atoms with Gasteiger partial charge in [0, 0.05) is 60.3 Å². The van der Waals surface area contributed by atoms with Gasteiger partial charge in [-0.05, 0) is 176 Å². The molecule has 4 aromatic heterocycles. The lowest BCUT2D eigenvalue weighted by Gasteiger charge is -2.30. The third kappa shape index (κ3) is 9.05. The molecule has 0 radical (unpaired) electrons. The van der Waals surface area contributed by atoms with Gasteiger partial charge in [0.2, 0.25) is 0 Å². The van der Waals surface area contributed by atoms with Gasteiger partial charge in [-0.25, -0.2) is 19.9 Å². The second kappa shape index (κ2) is 23.6. The lowest BCUT2D eigenvalue weighted by molar-refractivity contribution is 0.660. The molecule has 0 amide bonds. The molecule has 0 fully saturated rings. The van der Waals surface area contributed by atoms with Crippen LogP contribution in [-0.4, -0.2) is 19.9 Å². The number of furan rings is 2. The first kappa shape index (κ1) is 62.0. The fourth-order valence-corrected chi connectivity index (χ4v) is 19.0. The van der Waals surface area contributed by atoms with Gasteiger partial charge in [-0.3, -0.25) is 0 Å². The highest BCUT2D eigenvalue weighted by atomic mass is 16.3. The minimum atomic E-state index is -0.485. The standard InChI is InChI=1S/C104H64N4O2/c1-103(2)86-45-15-11-32-73(86)77-53-50-65(58-91(77)103)102-106-93(79-37-10-8-31-72(79)70-40-20-27-62-25-4-6-29-67(62)70)60-95(108-102)82-43-22-44-83-98-68(38-23-49-97(98)110-100(82)83)63-52-55-96-85(56-63)80-41-21-42-81(99(80)109-96)94-59-92(78-36-9-7-30-71(78)69-39-19-26-61-24-3-5-28-66(61)69)105-101(107-94)64-51-54-90-84(57-64)76-35-14-18-48-89(76)104(90)87-46-16-12-33-74(87)75-34-13-17-47-88(75)104/h3-60H,1-2H3. The highest BCUT2D eigenvalue weighted by molar-refractivity contribution is 6.17. The topological polar surface area (TPSA) is 77.8 Å². The molecule has 0 unspecified atom stereocenters. The van der Waals surface area contributed by atoms with Crippen molar-refractivity contribution in [2.45, 2.75) is 24.7 Å². The van der Waals surface area contributed by atoms with Gasteiger partial charge < -0.3 is 8.83 Å². The molecule has 110 heavy (non-hydrogen) atoms. The second-order valence-corrected chi connectivity index (χ2v) is 30.1. The number of rotatable bonds is 9. The van der Waals surface area contributed by atoms with Crippen LogP contribution in [0.15, 0.2) is 361 Å². The third-order valence-electron chi connectivity index (χ3n) is 24.0. The Morgan fingerprint density at radius 1 is 0.218 bits per heavy atom. The number of hydrogen-bond acceptors (Lipinski definition) is 6. The van der Waals surface area contributed by atoms with Crippen molar-refractivity contribution < 1.29 is 8.83 Å². The van der Waals surface area contributed by atoms with Crippen LogP contribution in [0.1, 0.15) is 47.2 Å². The number of nitrogens with zero attached hydrogens (tertiary/aromatic N) is 4. The summed E-state index contributed by atoms with van der Waals surface area (Å²) in [5, 5.41) is 8.69. The van der Waals surface area contributed by atoms with Crippen molar-refractivity contribution in [1.29, 1.82) is 0 Å². The summed E-state index contributed by atoms with van der Waals surface area (Å²) in [6, 6.07) is 127. The van der Waals surface area contributed by atoms with Gasteiger partial charge in [0.1, 0.15) is 22.3 Å². The largest absolute Gasteiger partial charge is 0.455 e. The number of benzene rings is 16. The van der Waals surface area contributed by atoms with Crippen molar-refractivity contribution in [2.24, 2.45) is 0 Å². The molecule has 0 N–H and O–H groups in total. The molecule has 0 atom stereocenters. The summed E-state index contributed by atoms with van der Waals surface area (Å²) in [7, 11) is 0. The van der Waals surface area contributed by atoms with E-state index in [0.717, 1.165) is 133 Å². The zero-order chi connectivity index (χ0) is 72.5. The van der Waals surface area contributed by atoms with Crippen molar-refractivity contribution in [1.82, 2.24) is 19.9 Å². The zero-order valence-corrected chi connectivity index (χ0v) is 60.1. The van der Waals surface area contributed by atoms with Gasteiger partial charge in [-0.2, -0.15) is 0 Å². The molecule has 3 aliphatic carbocycles. The number of aromatic nitrogens is 4. The number of fused-ring (bicyclic) bond motifs is 21. The molecule has 0 aliphatic heterocycles. The van der Waals surface area contributed by atoms with E-state index < -0.39 is 5.41 Å². The Morgan fingerprint density at radius 3 is 1.20 bits per heavy atom. The predicted molar refractivity (Wildman–Crippen MR) is 450 cm³/mol. The molecule has 3 aliphatic rings. The molecule has 16 aromatic carbocycles. The maximum atomic E-state index is 7.19. The maximum absolute atomic E-state index is 7.19. The molecular weight excluding hydrogens is 1340 g/mol. The highest BCUT2D eigenvalue weighted by Crippen LogP contribution is 2.63. The fourth-order valence-electron chi connectivity index (χ4n) is 19.0. The first-order chi connectivity index (χ1) is 54.3. The summed E-state index contributed by atoms with van der Waals surface area (Å²) in [6.45, 7) is 4.65. The Kier molecular flexibility index (Phi) is 13.3. The fraction of sp³-hybridized carbons (Fsp3) is 0.0385. The smallest absolute Gasteiger partial charge is 0.160 e. The second-order valence-electron chi connectivity index (χ2n) is 30.1. The number of para-hydroxylation sites is 2. The van der Waals surface area contributed by atoms with Gasteiger partial charge in [0.05, 0.1) is 28.2 Å². The van der Waals surface area contributed by atoms with Crippen LogP contribution in [0.25, 0.3) is 200 Å².